The normalized spacial score (nSPS) is 10.4. The van der Waals surface area contributed by atoms with E-state index in [1.165, 1.54) is 5.56 Å². The molecule has 0 unspecified atom stereocenters. The molecule has 0 aliphatic heterocycles. The summed E-state index contributed by atoms with van der Waals surface area (Å²) < 4.78 is 10.8. The van der Waals surface area contributed by atoms with Gasteiger partial charge in [0.2, 0.25) is 0 Å². The zero-order chi connectivity index (χ0) is 13.5. The van der Waals surface area contributed by atoms with Crippen LogP contribution in [0.1, 0.15) is 11.1 Å². The summed E-state index contributed by atoms with van der Waals surface area (Å²) in [5.41, 5.74) is 8.88. The number of ether oxygens (including phenoxy) is 2. The maximum atomic E-state index is 5.87. The van der Waals surface area contributed by atoms with E-state index in [1.54, 1.807) is 7.11 Å². The standard InChI is InChI=1S/C16H19NO2/c1-18-11-10-13-6-8-15(9-7-13)19-12-14-4-2-3-5-16(14)17/h2-9H,10-12,17H2,1H3. The van der Waals surface area contributed by atoms with Crippen LogP contribution in [0.4, 0.5) is 5.69 Å². The van der Waals surface area contributed by atoms with Crippen LogP contribution in [-0.2, 0) is 17.8 Å². The molecule has 0 aliphatic carbocycles. The van der Waals surface area contributed by atoms with Crippen molar-refractivity contribution in [2.24, 2.45) is 0 Å². The Balaban J connectivity index is 1.91. The molecule has 0 heterocycles. The Morgan fingerprint density at radius 3 is 2.42 bits per heavy atom. The number of rotatable bonds is 6. The second kappa shape index (κ2) is 6.81. The maximum Gasteiger partial charge on any atom is 0.119 e. The van der Waals surface area contributed by atoms with E-state index >= 15 is 0 Å². The predicted molar refractivity (Wildman–Crippen MR) is 77.2 cm³/mol. The van der Waals surface area contributed by atoms with Crippen LogP contribution in [0.5, 0.6) is 5.75 Å². The molecule has 0 radical (unpaired) electrons. The van der Waals surface area contributed by atoms with Crippen LogP contribution < -0.4 is 10.5 Å². The lowest BCUT2D eigenvalue weighted by molar-refractivity contribution is 0.202. The highest BCUT2D eigenvalue weighted by Crippen LogP contribution is 2.17. The van der Waals surface area contributed by atoms with Gasteiger partial charge in [-0.15, -0.1) is 0 Å². The van der Waals surface area contributed by atoms with E-state index in [4.69, 9.17) is 15.2 Å². The van der Waals surface area contributed by atoms with Crippen molar-refractivity contribution in [3.63, 3.8) is 0 Å². The number of para-hydroxylation sites is 1. The molecule has 100 valence electrons. The lowest BCUT2D eigenvalue weighted by Crippen LogP contribution is -2.00. The first-order chi connectivity index (χ1) is 9.29. The molecule has 0 saturated heterocycles. The molecule has 0 spiro atoms. The van der Waals surface area contributed by atoms with Crippen molar-refractivity contribution in [2.45, 2.75) is 13.0 Å². The van der Waals surface area contributed by atoms with Gasteiger partial charge < -0.3 is 15.2 Å². The molecule has 19 heavy (non-hydrogen) atoms. The second-order valence-corrected chi connectivity index (χ2v) is 4.37. The first kappa shape index (κ1) is 13.4. The average molecular weight is 257 g/mol. The Morgan fingerprint density at radius 1 is 1.00 bits per heavy atom. The molecule has 2 aromatic carbocycles. The van der Waals surface area contributed by atoms with Crippen molar-refractivity contribution in [2.75, 3.05) is 19.5 Å². The SMILES string of the molecule is COCCc1ccc(OCc2ccccc2N)cc1. The van der Waals surface area contributed by atoms with Gasteiger partial charge in [-0.2, -0.15) is 0 Å². The second-order valence-electron chi connectivity index (χ2n) is 4.37. The summed E-state index contributed by atoms with van der Waals surface area (Å²) in [6.45, 7) is 1.23. The largest absolute Gasteiger partial charge is 0.489 e. The van der Waals surface area contributed by atoms with Crippen LogP contribution in [0.15, 0.2) is 48.5 Å². The third-order valence-corrected chi connectivity index (χ3v) is 2.97. The molecule has 2 aromatic rings. The molecule has 3 nitrogen and oxygen atoms in total. The number of anilines is 1. The van der Waals surface area contributed by atoms with Gasteiger partial charge in [-0.3, -0.25) is 0 Å². The quantitative estimate of drug-likeness (QED) is 0.809. The zero-order valence-electron chi connectivity index (χ0n) is 11.1. The van der Waals surface area contributed by atoms with Crippen LogP contribution >= 0.6 is 0 Å². The fourth-order valence-corrected chi connectivity index (χ4v) is 1.80. The minimum atomic E-state index is 0.490. The fourth-order valence-electron chi connectivity index (χ4n) is 1.80. The van der Waals surface area contributed by atoms with E-state index in [1.807, 2.05) is 36.4 Å². The molecule has 0 atom stereocenters. The van der Waals surface area contributed by atoms with E-state index in [0.29, 0.717) is 6.61 Å². The topological polar surface area (TPSA) is 44.5 Å². The lowest BCUT2D eigenvalue weighted by Gasteiger charge is -2.09. The summed E-state index contributed by atoms with van der Waals surface area (Å²) in [6.07, 6.45) is 0.919. The van der Waals surface area contributed by atoms with Crippen LogP contribution in [0.2, 0.25) is 0 Å². The van der Waals surface area contributed by atoms with Gasteiger partial charge in [0.1, 0.15) is 12.4 Å². The van der Waals surface area contributed by atoms with E-state index in [0.717, 1.165) is 30.0 Å². The smallest absolute Gasteiger partial charge is 0.119 e. The molecule has 3 heteroatoms. The summed E-state index contributed by atoms with van der Waals surface area (Å²) in [5, 5.41) is 0. The van der Waals surface area contributed by atoms with Crippen molar-refractivity contribution >= 4 is 5.69 Å². The molecule has 0 aliphatic rings. The number of nitrogen functional groups attached to an aromatic ring is 1. The Kier molecular flexibility index (Phi) is 4.81. The van der Waals surface area contributed by atoms with Gasteiger partial charge >= 0.3 is 0 Å². The zero-order valence-corrected chi connectivity index (χ0v) is 11.1. The monoisotopic (exact) mass is 257 g/mol. The molecule has 0 fully saturated rings. The van der Waals surface area contributed by atoms with Gasteiger partial charge in [-0.25, -0.2) is 0 Å². The summed E-state index contributed by atoms with van der Waals surface area (Å²) in [5.74, 6) is 0.851. The van der Waals surface area contributed by atoms with Crippen LogP contribution in [0, 0.1) is 0 Å². The molecule has 2 rings (SSSR count). The van der Waals surface area contributed by atoms with E-state index < -0.39 is 0 Å². The van der Waals surface area contributed by atoms with Gasteiger partial charge in [-0.1, -0.05) is 30.3 Å². The summed E-state index contributed by atoms with van der Waals surface area (Å²) in [6, 6.07) is 15.8. The third kappa shape index (κ3) is 4.00. The molecule has 0 amide bonds. The van der Waals surface area contributed by atoms with Gasteiger partial charge in [0, 0.05) is 18.4 Å². The average Bonchev–Trinajstić information content (AvgIpc) is 2.45. The third-order valence-electron chi connectivity index (χ3n) is 2.97. The highest BCUT2D eigenvalue weighted by molar-refractivity contribution is 5.46. The Bertz CT molecular complexity index is 508. The Morgan fingerprint density at radius 2 is 1.74 bits per heavy atom. The molecular weight excluding hydrogens is 238 g/mol. The van der Waals surface area contributed by atoms with Crippen molar-refractivity contribution in [3.8, 4) is 5.75 Å². The summed E-state index contributed by atoms with van der Waals surface area (Å²) in [7, 11) is 1.71. The van der Waals surface area contributed by atoms with E-state index in [2.05, 4.69) is 12.1 Å². The Labute approximate surface area is 114 Å². The van der Waals surface area contributed by atoms with Crippen LogP contribution in [0.25, 0.3) is 0 Å². The molecule has 2 N–H and O–H groups in total. The maximum absolute atomic E-state index is 5.87. The minimum absolute atomic E-state index is 0.490. The molecule has 0 saturated carbocycles. The number of nitrogens with two attached hydrogens (primary N) is 1. The van der Waals surface area contributed by atoms with Gasteiger partial charge in [0.05, 0.1) is 6.61 Å². The van der Waals surface area contributed by atoms with E-state index in [-0.39, 0.29) is 0 Å². The summed E-state index contributed by atoms with van der Waals surface area (Å²) in [4.78, 5) is 0. The minimum Gasteiger partial charge on any atom is -0.489 e. The fraction of sp³-hybridized carbons (Fsp3) is 0.250. The van der Waals surface area contributed by atoms with Crippen molar-refractivity contribution in [1.29, 1.82) is 0 Å². The van der Waals surface area contributed by atoms with Gasteiger partial charge in [0.15, 0.2) is 0 Å². The first-order valence-electron chi connectivity index (χ1n) is 6.33. The van der Waals surface area contributed by atoms with E-state index in [9.17, 15) is 0 Å². The van der Waals surface area contributed by atoms with Crippen LogP contribution in [0.3, 0.4) is 0 Å². The van der Waals surface area contributed by atoms with Crippen molar-refractivity contribution in [1.82, 2.24) is 0 Å². The van der Waals surface area contributed by atoms with Gasteiger partial charge in [0.25, 0.3) is 0 Å². The van der Waals surface area contributed by atoms with Crippen molar-refractivity contribution in [3.05, 3.63) is 59.7 Å². The Hall–Kier alpha value is -2.00. The number of methoxy groups -OCH3 is 1. The predicted octanol–water partition coefficient (Wildman–Crippen LogP) is 3.04. The highest BCUT2D eigenvalue weighted by atomic mass is 16.5. The number of hydrogen-bond donors (Lipinski definition) is 1. The lowest BCUT2D eigenvalue weighted by atomic mass is 10.1. The van der Waals surface area contributed by atoms with Crippen molar-refractivity contribution < 1.29 is 9.47 Å². The number of benzene rings is 2. The summed E-state index contributed by atoms with van der Waals surface area (Å²) >= 11 is 0. The highest BCUT2D eigenvalue weighted by Gasteiger charge is 2.00. The first-order valence-corrected chi connectivity index (χ1v) is 6.33. The van der Waals surface area contributed by atoms with Crippen LogP contribution in [-0.4, -0.2) is 13.7 Å². The number of hydrogen-bond acceptors (Lipinski definition) is 3. The van der Waals surface area contributed by atoms with Gasteiger partial charge in [-0.05, 0) is 30.2 Å². The molecular formula is C16H19NO2. The molecule has 0 bridgehead atoms. The molecule has 0 aromatic heterocycles.